The van der Waals surface area contributed by atoms with Crippen LogP contribution in [-0.4, -0.2) is 36.7 Å². The second-order valence-corrected chi connectivity index (χ2v) is 3.87. The number of hydrogen-bond acceptors (Lipinski definition) is 6. The van der Waals surface area contributed by atoms with Crippen LogP contribution in [0, 0.1) is 0 Å². The molecule has 0 saturated heterocycles. The van der Waals surface area contributed by atoms with Gasteiger partial charge in [-0.15, -0.1) is 0 Å². The summed E-state index contributed by atoms with van der Waals surface area (Å²) in [6.07, 6.45) is -0.360. The number of hydrogen-bond donors (Lipinski definition) is 0. The summed E-state index contributed by atoms with van der Waals surface area (Å²) in [4.78, 5) is 41.2. The van der Waals surface area contributed by atoms with Gasteiger partial charge in [0.05, 0.1) is 13.2 Å². The van der Waals surface area contributed by atoms with Crippen molar-refractivity contribution < 1.29 is 28.7 Å². The molecule has 6 nitrogen and oxygen atoms in total. The van der Waals surface area contributed by atoms with Crippen molar-refractivity contribution >= 4 is 23.5 Å². The third-order valence-corrected chi connectivity index (χ3v) is 1.38. The average molecular weight is 260 g/mol. The van der Waals surface area contributed by atoms with E-state index in [1.165, 1.54) is 21.0 Å². The van der Waals surface area contributed by atoms with Gasteiger partial charge in [-0.1, -0.05) is 0 Å². The molecule has 0 heterocycles. The molecular formula is C12H20O6. The van der Waals surface area contributed by atoms with Crippen LogP contribution in [0.25, 0.3) is 0 Å². The minimum absolute atomic E-state index is 0.113. The van der Waals surface area contributed by atoms with Crippen molar-refractivity contribution in [3.05, 3.63) is 0 Å². The van der Waals surface area contributed by atoms with Crippen LogP contribution >= 0.6 is 0 Å². The van der Waals surface area contributed by atoms with Crippen LogP contribution in [0.15, 0.2) is 0 Å². The standard InChI is InChI=1S/C7H12O3.C5H8O3/c1-5(2)10-7(9)4-6(3)8;1-4(6)3-5(7)8-2/h5H,4H2,1-3H3;3H2,1-2H3. The highest BCUT2D eigenvalue weighted by atomic mass is 16.5. The van der Waals surface area contributed by atoms with Crippen LogP contribution < -0.4 is 0 Å². The van der Waals surface area contributed by atoms with E-state index in [2.05, 4.69) is 4.74 Å². The minimum Gasteiger partial charge on any atom is -0.469 e. The molecule has 0 radical (unpaired) electrons. The van der Waals surface area contributed by atoms with Crippen molar-refractivity contribution in [3.8, 4) is 0 Å². The molecule has 18 heavy (non-hydrogen) atoms. The van der Waals surface area contributed by atoms with Crippen molar-refractivity contribution in [2.45, 2.75) is 46.6 Å². The first-order valence-corrected chi connectivity index (χ1v) is 5.44. The smallest absolute Gasteiger partial charge is 0.313 e. The van der Waals surface area contributed by atoms with Gasteiger partial charge in [0.15, 0.2) is 0 Å². The summed E-state index contributed by atoms with van der Waals surface area (Å²) in [5, 5.41) is 0. The van der Waals surface area contributed by atoms with Crippen molar-refractivity contribution in [1.29, 1.82) is 0 Å². The van der Waals surface area contributed by atoms with E-state index in [4.69, 9.17) is 4.74 Å². The lowest BCUT2D eigenvalue weighted by Crippen LogP contribution is -2.13. The van der Waals surface area contributed by atoms with E-state index in [1.54, 1.807) is 13.8 Å². The predicted octanol–water partition coefficient (Wildman–Crippen LogP) is 1.06. The van der Waals surface area contributed by atoms with E-state index >= 15 is 0 Å². The van der Waals surface area contributed by atoms with E-state index in [0.717, 1.165) is 0 Å². The third-order valence-electron chi connectivity index (χ3n) is 1.38. The van der Waals surface area contributed by atoms with Crippen LogP contribution in [0.4, 0.5) is 0 Å². The Morgan fingerprint density at radius 2 is 1.28 bits per heavy atom. The molecule has 0 atom stereocenters. The number of carbonyl (C=O) groups is 4. The van der Waals surface area contributed by atoms with Crippen molar-refractivity contribution in [2.24, 2.45) is 0 Å². The van der Waals surface area contributed by atoms with Gasteiger partial charge >= 0.3 is 11.9 Å². The molecule has 0 aromatic rings. The van der Waals surface area contributed by atoms with Gasteiger partial charge in [-0.2, -0.15) is 0 Å². The first kappa shape index (κ1) is 18.6. The van der Waals surface area contributed by atoms with Gasteiger partial charge in [0.25, 0.3) is 0 Å². The summed E-state index contributed by atoms with van der Waals surface area (Å²) in [5.41, 5.74) is 0. The van der Waals surface area contributed by atoms with Crippen LogP contribution in [0.5, 0.6) is 0 Å². The minimum atomic E-state index is -0.475. The molecule has 0 bridgehead atoms. The highest BCUT2D eigenvalue weighted by Gasteiger charge is 2.07. The van der Waals surface area contributed by atoms with Crippen molar-refractivity contribution in [1.82, 2.24) is 0 Å². The van der Waals surface area contributed by atoms with Crippen LogP contribution in [-0.2, 0) is 28.7 Å². The molecule has 6 heteroatoms. The quantitative estimate of drug-likeness (QED) is 0.542. The zero-order valence-electron chi connectivity index (χ0n) is 11.4. The third kappa shape index (κ3) is 16.7. The number of ether oxygens (including phenoxy) is 2. The van der Waals surface area contributed by atoms with Gasteiger partial charge in [-0.3, -0.25) is 19.2 Å². The Kier molecular flexibility index (Phi) is 10.8. The topological polar surface area (TPSA) is 86.7 Å². The largest absolute Gasteiger partial charge is 0.469 e. The average Bonchev–Trinajstić information content (AvgIpc) is 2.14. The monoisotopic (exact) mass is 260 g/mol. The van der Waals surface area contributed by atoms with Crippen molar-refractivity contribution in [3.63, 3.8) is 0 Å². The first-order chi connectivity index (χ1) is 8.18. The zero-order chi connectivity index (χ0) is 14.7. The number of rotatable bonds is 5. The van der Waals surface area contributed by atoms with E-state index in [0.29, 0.717) is 0 Å². The number of Topliss-reactive ketones (excluding diaryl/α,β-unsaturated/α-hetero) is 2. The summed E-state index contributed by atoms with van der Waals surface area (Å²) in [5.74, 6) is -1.25. The molecule has 0 aromatic carbocycles. The summed E-state index contributed by atoms with van der Waals surface area (Å²) >= 11 is 0. The number of methoxy groups -OCH3 is 1. The Balaban J connectivity index is 0. The Morgan fingerprint density at radius 1 is 0.889 bits per heavy atom. The van der Waals surface area contributed by atoms with Gasteiger partial charge in [-0.25, -0.2) is 0 Å². The SMILES string of the molecule is CC(=O)CC(=O)OC(C)C.COC(=O)CC(C)=O. The van der Waals surface area contributed by atoms with E-state index in [9.17, 15) is 19.2 Å². The summed E-state index contributed by atoms with van der Waals surface area (Å²) in [6, 6.07) is 0. The lowest BCUT2D eigenvalue weighted by atomic mass is 10.3. The predicted molar refractivity (Wildman–Crippen MR) is 63.8 cm³/mol. The molecule has 104 valence electrons. The van der Waals surface area contributed by atoms with Crippen LogP contribution in [0.2, 0.25) is 0 Å². The maximum Gasteiger partial charge on any atom is 0.313 e. The highest BCUT2D eigenvalue weighted by molar-refractivity contribution is 5.94. The summed E-state index contributed by atoms with van der Waals surface area (Å²) in [6.45, 7) is 6.20. The van der Waals surface area contributed by atoms with Crippen LogP contribution in [0.3, 0.4) is 0 Å². The Labute approximate surface area is 107 Å². The second-order valence-electron chi connectivity index (χ2n) is 3.87. The van der Waals surface area contributed by atoms with E-state index < -0.39 is 11.9 Å². The molecule has 0 spiro atoms. The fourth-order valence-corrected chi connectivity index (χ4v) is 0.783. The molecular weight excluding hydrogens is 240 g/mol. The van der Waals surface area contributed by atoms with Gasteiger partial charge in [0, 0.05) is 0 Å². The molecule has 0 rings (SSSR count). The molecule has 0 aliphatic carbocycles. The zero-order valence-corrected chi connectivity index (χ0v) is 11.4. The van der Waals surface area contributed by atoms with Crippen LogP contribution in [0.1, 0.15) is 40.5 Å². The summed E-state index contributed by atoms with van der Waals surface area (Å²) in [7, 11) is 1.26. The fraction of sp³-hybridized carbons (Fsp3) is 0.667. The second kappa shape index (κ2) is 10.4. The lowest BCUT2D eigenvalue weighted by Gasteiger charge is -2.05. The molecule has 0 N–H and O–H groups in total. The highest BCUT2D eigenvalue weighted by Crippen LogP contribution is 1.93. The van der Waals surface area contributed by atoms with E-state index in [1.807, 2.05) is 0 Å². The van der Waals surface area contributed by atoms with E-state index in [-0.39, 0.29) is 30.5 Å². The molecule has 0 aliphatic heterocycles. The Bertz CT molecular complexity index is 306. The number of esters is 2. The lowest BCUT2D eigenvalue weighted by molar-refractivity contribution is -0.149. The summed E-state index contributed by atoms with van der Waals surface area (Å²) < 4.78 is 8.90. The van der Waals surface area contributed by atoms with Gasteiger partial charge < -0.3 is 9.47 Å². The molecule has 0 unspecified atom stereocenters. The first-order valence-electron chi connectivity index (χ1n) is 5.44. The maximum absolute atomic E-state index is 10.6. The normalized spacial score (nSPS) is 9.00. The Morgan fingerprint density at radius 3 is 1.50 bits per heavy atom. The maximum atomic E-state index is 10.6. The fourth-order valence-electron chi connectivity index (χ4n) is 0.783. The van der Waals surface area contributed by atoms with Crippen molar-refractivity contribution in [2.75, 3.05) is 7.11 Å². The Hall–Kier alpha value is -1.72. The molecule has 0 saturated carbocycles. The molecule has 0 fully saturated rings. The number of carbonyl (C=O) groups excluding carboxylic acids is 4. The van der Waals surface area contributed by atoms with Gasteiger partial charge in [0.2, 0.25) is 0 Å². The molecule has 0 aromatic heterocycles. The van der Waals surface area contributed by atoms with Gasteiger partial charge in [0.1, 0.15) is 24.4 Å². The molecule has 0 aliphatic rings. The van der Waals surface area contributed by atoms with Gasteiger partial charge in [-0.05, 0) is 27.7 Å². The molecule has 0 amide bonds. The number of ketones is 2.